The van der Waals surface area contributed by atoms with E-state index in [-0.39, 0.29) is 149 Å². The van der Waals surface area contributed by atoms with Crippen LogP contribution in [0.1, 0.15) is 213 Å². The van der Waals surface area contributed by atoms with Gasteiger partial charge in [-0.05, 0) is 82.0 Å². The molecule has 0 radical (unpaired) electrons. The highest BCUT2D eigenvalue weighted by atomic mass is 32.2. The first kappa shape index (κ1) is 108. The second kappa shape index (κ2) is 53.4. The van der Waals surface area contributed by atoms with E-state index in [2.05, 4.69) is 43.8 Å². The number of unbranched alkanes of at least 4 members (excludes halogenated alkanes) is 4. The minimum absolute atomic E-state index is 0.00335. The lowest BCUT2D eigenvalue weighted by Crippen LogP contribution is -2.55. The number of amides is 14. The summed E-state index contributed by atoms with van der Waals surface area (Å²) >= 11 is 0. The number of primary amides is 3. The maximum atomic E-state index is 13.4. The molecule has 2 heterocycles. The Bertz CT molecular complexity index is 3670. The normalized spacial score (nSPS) is 14.8. The molecule has 7 atom stereocenters. The number of carbonyl (C=O) groups excluding carboxylic acids is 17. The van der Waals surface area contributed by atoms with Gasteiger partial charge in [0.15, 0.2) is 27.2 Å². The number of nitrogens with two attached hydrogens (primary N) is 3. The van der Waals surface area contributed by atoms with Crippen LogP contribution in [-0.2, 0) is 96.6 Å². The monoisotopic (exact) mass is 1700 g/mol. The molecule has 0 unspecified atom stereocenters. The summed E-state index contributed by atoms with van der Waals surface area (Å²) < 4.78 is 68.1. The van der Waals surface area contributed by atoms with E-state index >= 15 is 0 Å². The Morgan fingerprint density at radius 1 is 0.453 bits per heavy atom. The number of ketones is 6. The highest BCUT2D eigenvalue weighted by Gasteiger charge is 2.39. The topological polar surface area (TPSA) is 569 Å². The first-order valence-corrected chi connectivity index (χ1v) is 42.9. The summed E-state index contributed by atoms with van der Waals surface area (Å²) in [6, 6.07) is -6.44. The Morgan fingerprint density at radius 2 is 0.786 bits per heavy atom. The molecule has 2 aliphatic heterocycles. The van der Waals surface area contributed by atoms with Crippen LogP contribution in [0.4, 0.5) is 14.4 Å². The molecule has 0 aliphatic carbocycles. The van der Waals surface area contributed by atoms with Crippen LogP contribution in [0.25, 0.3) is 0 Å². The minimum Gasteiger partial charge on any atom is -0.748 e. The lowest BCUT2D eigenvalue weighted by molar-refractivity contribution is -0.139. The summed E-state index contributed by atoms with van der Waals surface area (Å²) in [4.78, 5) is 210. The van der Waals surface area contributed by atoms with Crippen molar-refractivity contribution >= 4 is 120 Å². The first-order valence-electron chi connectivity index (χ1n) is 39.6. The smallest absolute Gasteiger partial charge is 0.312 e. The van der Waals surface area contributed by atoms with Crippen LogP contribution in [-0.4, -0.2) is 226 Å². The molecule has 0 saturated carbocycles. The van der Waals surface area contributed by atoms with Crippen molar-refractivity contribution in [3.05, 3.63) is 36.3 Å². The predicted molar refractivity (Wildman–Crippen MR) is 434 cm³/mol. The van der Waals surface area contributed by atoms with Crippen LogP contribution < -0.4 is 54.4 Å². The largest absolute Gasteiger partial charge is 0.748 e. The average Bonchev–Trinajstić information content (AvgIpc) is 1.62. The molecule has 0 aromatic heterocycles. The molecule has 2 aliphatic rings. The fraction of sp³-hybridized carbons (Fsp3) is 0.709. The summed E-state index contributed by atoms with van der Waals surface area (Å²) in [6.07, 6.45) is 9.65. The van der Waals surface area contributed by atoms with Crippen molar-refractivity contribution in [2.24, 2.45) is 69.0 Å². The Kier molecular flexibility index (Phi) is 49.3. The number of imide groups is 2. The summed E-state index contributed by atoms with van der Waals surface area (Å²) in [7, 11) is -8.21. The van der Waals surface area contributed by atoms with E-state index in [4.69, 9.17) is 26.7 Å². The fourth-order valence-corrected chi connectivity index (χ4v) is 13.7. The lowest BCUT2D eigenvalue weighted by atomic mass is 9.78. The number of nitrogens with zero attached hydrogens (tertiary/aromatic N) is 2. The lowest BCUT2D eigenvalue weighted by Gasteiger charge is -2.28. The number of urea groups is 3. The van der Waals surface area contributed by atoms with Crippen molar-refractivity contribution in [3.8, 4) is 0 Å². The minimum atomic E-state index is -4.97. The number of ether oxygens (including phenoxy) is 2. The van der Waals surface area contributed by atoms with E-state index in [1.165, 1.54) is 24.3 Å². The van der Waals surface area contributed by atoms with Crippen molar-refractivity contribution in [3.63, 3.8) is 0 Å². The molecular formula is C79H131N12O24S2-. The van der Waals surface area contributed by atoms with Crippen molar-refractivity contribution in [1.29, 1.82) is 0 Å². The molecule has 664 valence electrons. The van der Waals surface area contributed by atoms with Gasteiger partial charge in [0.05, 0.1) is 66.1 Å². The number of rotatable bonds is 55. The van der Waals surface area contributed by atoms with Gasteiger partial charge in [-0.25, -0.2) is 31.2 Å². The van der Waals surface area contributed by atoms with Gasteiger partial charge in [0, 0.05) is 122 Å². The number of Topliss-reactive ketones (excluding diaryl/α,β-unsaturated/α-hetero) is 6. The van der Waals surface area contributed by atoms with Gasteiger partial charge in [0.2, 0.25) is 23.6 Å². The van der Waals surface area contributed by atoms with Gasteiger partial charge < -0.3 is 68.4 Å². The number of nitrogens with one attached hydrogen (secondary N) is 7. The third-order valence-electron chi connectivity index (χ3n) is 18.5. The molecule has 0 bridgehead atoms. The highest BCUT2D eigenvalue weighted by molar-refractivity contribution is 7.94. The second-order valence-electron chi connectivity index (χ2n) is 33.0. The quantitative estimate of drug-likeness (QED) is 0.0234. The first-order chi connectivity index (χ1) is 54.1. The molecular weight excluding hydrogens is 1570 g/mol. The van der Waals surface area contributed by atoms with E-state index in [9.17, 15) is 103 Å². The van der Waals surface area contributed by atoms with E-state index in [1.807, 2.05) is 13.8 Å². The predicted octanol–water partition coefficient (Wildman–Crippen LogP) is 3.89. The maximum absolute atomic E-state index is 13.4. The fourth-order valence-electron chi connectivity index (χ4n) is 12.3. The van der Waals surface area contributed by atoms with Gasteiger partial charge >= 0.3 is 18.1 Å². The number of sulfone groups is 1. The van der Waals surface area contributed by atoms with Gasteiger partial charge in [0.25, 0.3) is 23.6 Å². The molecule has 0 aromatic carbocycles. The molecule has 0 fully saturated rings. The zero-order chi connectivity index (χ0) is 89.9. The highest BCUT2D eigenvalue weighted by Crippen LogP contribution is 2.30. The van der Waals surface area contributed by atoms with E-state index in [0.717, 1.165) is 15.2 Å². The number of carbonyl (C=O) groups is 17. The number of hydrogen-bond donors (Lipinski definition) is 10. The van der Waals surface area contributed by atoms with Gasteiger partial charge in [-0.2, -0.15) is 0 Å². The SMILES string of the molecule is C=CS(=O)(=O)CCCCCC(=O)N[C@@H](C(=O)C[C@H](CCCNC(N)=O)C(=O)C(C)(C)C)C(C)C.CC(C)[C@@H](NC(=O)[C@@H](CS(=O)(=O)[O-])NC(=O)CCCCCN1C(=O)C=CC1=O)C(=O)C[C@@H](CCCNC(N)=O)C(=O)C(C)(C)C.CC(C)[C@H](NC(=O)COCCOCCN1C(=O)C=CC1=O)C(=O)C[C@@H](CCCNC(N)=O)C(=O)C(C)(C)C. The van der Waals surface area contributed by atoms with Crippen LogP contribution in [0.2, 0.25) is 0 Å². The maximum Gasteiger partial charge on any atom is 0.312 e. The standard InChI is InChI=1S/C29H47N5O10S.C26H42N4O8.C24H43N3O6S/c1-18(2)25(21(35)16-19(26(39)29(3,4)5)10-9-14-31-28(30)41)33-27(40)20(17-45(42,43)44)32-22(36)11-7-6-8-15-34-23(37)12-13-24(34)38;1-17(2)23(19(31)15-18(24(35)26(3,4)5)7-6-10-28-25(27)36)29-20(32)16-38-14-13-37-12-11-30-21(33)8-9-22(30)34;1-7-34(32,33)15-10-8-9-13-20(29)27-21(17(2)3)19(28)16-18(22(30)24(4,5)6)12-11-14-26-23(25)31/h12-13,18-20,25H,6-11,14-17H2,1-5H3,(H,32,36)(H,33,40)(H3,30,31,41)(H,42,43,44);8-9,17-18,23H,6-7,10-16H2,1-5H3,(H,29,32)(H3,27,28,36);7,17-18,21H,1,8-16H2,2-6H3,(H,27,29)(H3,25,26,31)/p-1/t19-,20-,25-;18-,23+;18-,21+/m110/s1. The van der Waals surface area contributed by atoms with Crippen molar-refractivity contribution in [2.75, 3.05) is 70.7 Å². The van der Waals surface area contributed by atoms with E-state index in [1.54, 1.807) is 90.0 Å². The average molecular weight is 1700 g/mol. The molecule has 0 aromatic rings. The summed E-state index contributed by atoms with van der Waals surface area (Å²) in [5, 5.41) is 18.5. The van der Waals surface area contributed by atoms with E-state index in [0.29, 0.717) is 83.7 Å². The Labute approximate surface area is 689 Å². The van der Waals surface area contributed by atoms with Crippen molar-refractivity contribution in [1.82, 2.24) is 47.0 Å². The van der Waals surface area contributed by atoms with Crippen LogP contribution in [0, 0.1) is 51.8 Å². The summed E-state index contributed by atoms with van der Waals surface area (Å²) in [5.74, 6) is -9.23. The van der Waals surface area contributed by atoms with Gasteiger partial charge in [0.1, 0.15) is 30.0 Å². The zero-order valence-corrected chi connectivity index (χ0v) is 72.5. The second-order valence-corrected chi connectivity index (χ2v) is 36.6. The molecule has 14 amide bonds. The molecule has 117 heavy (non-hydrogen) atoms. The molecule has 2 rings (SSSR count). The van der Waals surface area contributed by atoms with Crippen LogP contribution in [0.3, 0.4) is 0 Å². The Balaban J connectivity index is 0.00000174. The third kappa shape index (κ3) is 46.7. The van der Waals surface area contributed by atoms with Crippen molar-refractivity contribution in [2.45, 2.75) is 237 Å². The molecule has 13 N–H and O–H groups in total. The van der Waals surface area contributed by atoms with Gasteiger partial charge in [-0.15, -0.1) is 0 Å². The van der Waals surface area contributed by atoms with Gasteiger partial charge in [-0.3, -0.25) is 76.9 Å². The Hall–Kier alpha value is -9.01. The van der Waals surface area contributed by atoms with Crippen LogP contribution in [0.5, 0.6) is 0 Å². The van der Waals surface area contributed by atoms with Crippen LogP contribution >= 0.6 is 0 Å². The molecule has 0 saturated heterocycles. The van der Waals surface area contributed by atoms with Crippen molar-refractivity contribution < 1.29 is 112 Å². The third-order valence-corrected chi connectivity index (χ3v) is 20.6. The number of hydrogen-bond acceptors (Lipinski definition) is 24. The summed E-state index contributed by atoms with van der Waals surface area (Å²) in [5.41, 5.74) is 13.2. The van der Waals surface area contributed by atoms with Crippen LogP contribution in [0.15, 0.2) is 36.3 Å². The Morgan fingerprint density at radius 3 is 1.13 bits per heavy atom. The zero-order valence-electron chi connectivity index (χ0n) is 70.9. The molecule has 38 heteroatoms. The molecule has 0 spiro atoms. The van der Waals surface area contributed by atoms with E-state index < -0.39 is 143 Å². The van der Waals surface area contributed by atoms with Gasteiger partial charge in [-0.1, -0.05) is 123 Å². The summed E-state index contributed by atoms with van der Waals surface area (Å²) in [6.45, 7) is 31.0. The molecule has 36 nitrogen and oxygen atoms in total.